The highest BCUT2D eigenvalue weighted by Gasteiger charge is 2.37. The first-order chi connectivity index (χ1) is 24.6. The van der Waals surface area contributed by atoms with Crippen molar-refractivity contribution in [3.8, 4) is 0 Å². The summed E-state index contributed by atoms with van der Waals surface area (Å²) >= 11 is 5.49. The highest BCUT2D eigenvalue weighted by Crippen LogP contribution is 2.38. The van der Waals surface area contributed by atoms with Gasteiger partial charge in [-0.2, -0.15) is 26.3 Å². The van der Waals surface area contributed by atoms with E-state index in [1.807, 2.05) is 30.3 Å². The van der Waals surface area contributed by atoms with Crippen LogP contribution in [0.2, 0.25) is 0 Å². The molecule has 0 saturated carbocycles. The second kappa shape index (κ2) is 17.2. The number of allylic oxidation sites excluding steroid dienone is 1. The molecular weight excluding hydrogens is 705 g/mol. The standard InChI is InChI=1S/C39H35F6N3O3S/c1-4-51-36(50)25(3)32(35(49)24(2)20-26-14-8-5-9-15-26)47-33(27-16-10-6-11-17-27)34(28-18-12-7-13-19-28)48-37(52)46-31-22-29(38(40,41)42)21-30(23-31)39(43,44)45/h5-23,33-34,47H,4H2,1-3H3,(H2,46,48,52)/b24-20+,32-25+/t33-,34-/m0/s1. The molecule has 0 aliphatic rings. The molecule has 0 bridgehead atoms. The van der Waals surface area contributed by atoms with Gasteiger partial charge in [0.05, 0.1) is 41.1 Å². The number of carbonyl (C=O) groups excluding carboxylic acids is 2. The molecule has 0 spiro atoms. The number of Topliss-reactive ketones (excluding diaryl/α,β-unsaturated/α-hetero) is 1. The number of alkyl halides is 6. The van der Waals surface area contributed by atoms with Gasteiger partial charge in [0.15, 0.2) is 5.11 Å². The minimum Gasteiger partial charge on any atom is -0.463 e. The van der Waals surface area contributed by atoms with Crippen molar-refractivity contribution in [2.75, 3.05) is 11.9 Å². The van der Waals surface area contributed by atoms with Crippen molar-refractivity contribution in [3.05, 3.63) is 154 Å². The number of benzene rings is 4. The van der Waals surface area contributed by atoms with Crippen LogP contribution in [0.3, 0.4) is 0 Å². The maximum atomic E-state index is 14.2. The molecule has 4 aromatic rings. The number of thiocarbonyl (C=S) groups is 1. The number of halogens is 6. The quantitative estimate of drug-likeness (QED) is 0.0578. The first-order valence-corrected chi connectivity index (χ1v) is 16.4. The topological polar surface area (TPSA) is 79.5 Å². The Balaban J connectivity index is 1.82. The Hall–Kier alpha value is -5.43. The third-order valence-electron chi connectivity index (χ3n) is 7.81. The van der Waals surface area contributed by atoms with Crippen LogP contribution in [0.4, 0.5) is 32.0 Å². The van der Waals surface area contributed by atoms with Crippen LogP contribution in [0.5, 0.6) is 0 Å². The molecule has 13 heteroatoms. The van der Waals surface area contributed by atoms with E-state index in [2.05, 4.69) is 16.0 Å². The Bertz CT molecular complexity index is 1900. The predicted octanol–water partition coefficient (Wildman–Crippen LogP) is 9.59. The summed E-state index contributed by atoms with van der Waals surface area (Å²) in [7, 11) is 0. The van der Waals surface area contributed by atoms with Gasteiger partial charge in [-0.15, -0.1) is 0 Å². The molecule has 0 unspecified atom stereocenters. The highest BCUT2D eigenvalue weighted by atomic mass is 32.1. The van der Waals surface area contributed by atoms with Gasteiger partial charge >= 0.3 is 18.3 Å². The summed E-state index contributed by atoms with van der Waals surface area (Å²) in [5.74, 6) is -1.27. The lowest BCUT2D eigenvalue weighted by Crippen LogP contribution is -2.41. The number of rotatable bonds is 12. The Labute approximate surface area is 302 Å². The second-order valence-corrected chi connectivity index (χ2v) is 12.0. The number of nitrogens with one attached hydrogen (secondary N) is 3. The summed E-state index contributed by atoms with van der Waals surface area (Å²) in [4.78, 5) is 27.3. The van der Waals surface area contributed by atoms with Gasteiger partial charge in [0.1, 0.15) is 0 Å². The molecule has 6 nitrogen and oxygen atoms in total. The van der Waals surface area contributed by atoms with E-state index in [4.69, 9.17) is 17.0 Å². The van der Waals surface area contributed by atoms with E-state index in [-0.39, 0.29) is 34.6 Å². The Kier molecular flexibility index (Phi) is 13.0. The van der Waals surface area contributed by atoms with Crippen LogP contribution in [0.1, 0.15) is 60.7 Å². The molecule has 0 aliphatic carbocycles. The van der Waals surface area contributed by atoms with Crippen LogP contribution >= 0.6 is 12.2 Å². The summed E-state index contributed by atoms with van der Waals surface area (Å²) in [6.07, 6.45) is -8.47. The van der Waals surface area contributed by atoms with E-state index < -0.39 is 53.0 Å². The van der Waals surface area contributed by atoms with E-state index in [1.165, 1.54) is 6.92 Å². The zero-order chi connectivity index (χ0) is 38.1. The van der Waals surface area contributed by atoms with Gasteiger partial charge in [0.2, 0.25) is 5.78 Å². The largest absolute Gasteiger partial charge is 0.463 e. The van der Waals surface area contributed by atoms with E-state index in [0.29, 0.717) is 23.3 Å². The average Bonchev–Trinajstić information content (AvgIpc) is 3.11. The number of hydrogen-bond acceptors (Lipinski definition) is 5. The van der Waals surface area contributed by atoms with Crippen molar-refractivity contribution in [2.24, 2.45) is 0 Å². The minimum absolute atomic E-state index is 0.0226. The molecule has 3 N–H and O–H groups in total. The maximum Gasteiger partial charge on any atom is 0.416 e. The van der Waals surface area contributed by atoms with Crippen LogP contribution in [0, 0.1) is 0 Å². The van der Waals surface area contributed by atoms with E-state index >= 15 is 0 Å². The molecule has 0 amide bonds. The SMILES string of the molecule is CCOC(=O)/C(C)=C(/N[C@@H](c1ccccc1)[C@@H](NC(=S)Nc1cc(C(F)(F)F)cc(C(F)(F)F)c1)c1ccccc1)C(=O)/C(C)=C/c1ccccc1. The zero-order valence-corrected chi connectivity index (χ0v) is 29.0. The van der Waals surface area contributed by atoms with E-state index in [0.717, 1.165) is 5.56 Å². The summed E-state index contributed by atoms with van der Waals surface area (Å²) in [6, 6.07) is 25.7. The number of carbonyl (C=O) groups is 2. The van der Waals surface area contributed by atoms with Gasteiger partial charge in [-0.05, 0) is 79.5 Å². The monoisotopic (exact) mass is 739 g/mol. The molecule has 2 atom stereocenters. The lowest BCUT2D eigenvalue weighted by atomic mass is 9.92. The van der Waals surface area contributed by atoms with Gasteiger partial charge in [0, 0.05) is 5.69 Å². The third-order valence-corrected chi connectivity index (χ3v) is 8.03. The maximum absolute atomic E-state index is 14.2. The molecule has 0 heterocycles. The van der Waals surface area contributed by atoms with Crippen molar-refractivity contribution in [3.63, 3.8) is 0 Å². The number of hydrogen-bond donors (Lipinski definition) is 3. The Morgan fingerprint density at radius 1 is 0.731 bits per heavy atom. The molecule has 4 rings (SSSR count). The minimum atomic E-state index is -5.07. The molecule has 52 heavy (non-hydrogen) atoms. The number of esters is 1. The molecule has 0 saturated heterocycles. The first kappa shape index (κ1) is 39.4. The molecule has 0 radical (unpaired) electrons. The molecule has 4 aromatic carbocycles. The van der Waals surface area contributed by atoms with Crippen LogP contribution < -0.4 is 16.0 Å². The smallest absolute Gasteiger partial charge is 0.416 e. The molecule has 0 fully saturated rings. The van der Waals surface area contributed by atoms with Crippen molar-refractivity contribution >= 4 is 40.8 Å². The van der Waals surface area contributed by atoms with Gasteiger partial charge in [0.25, 0.3) is 0 Å². The zero-order valence-electron chi connectivity index (χ0n) is 28.2. The second-order valence-electron chi connectivity index (χ2n) is 11.6. The van der Waals surface area contributed by atoms with Crippen molar-refractivity contribution in [2.45, 2.75) is 45.2 Å². The number of anilines is 1. The van der Waals surface area contributed by atoms with Crippen molar-refractivity contribution in [1.29, 1.82) is 0 Å². The summed E-state index contributed by atoms with van der Waals surface area (Å²) in [5.41, 5.74) is -1.50. The van der Waals surface area contributed by atoms with E-state index in [1.54, 1.807) is 80.6 Å². The fraction of sp³-hybridized carbons (Fsp3) is 0.205. The van der Waals surface area contributed by atoms with Gasteiger partial charge in [-0.1, -0.05) is 91.0 Å². The summed E-state index contributed by atoms with van der Waals surface area (Å²) in [5, 5.41) is 8.44. The lowest BCUT2D eigenvalue weighted by Gasteiger charge is -2.32. The third kappa shape index (κ3) is 10.5. The van der Waals surface area contributed by atoms with Crippen LogP contribution in [-0.2, 0) is 26.7 Å². The molecule has 0 aliphatic heterocycles. The normalized spacial score (nSPS) is 13.7. The fourth-order valence-corrected chi connectivity index (χ4v) is 5.52. The van der Waals surface area contributed by atoms with E-state index in [9.17, 15) is 35.9 Å². The van der Waals surface area contributed by atoms with Crippen LogP contribution in [0.25, 0.3) is 6.08 Å². The first-order valence-electron chi connectivity index (χ1n) is 16.0. The average molecular weight is 740 g/mol. The Morgan fingerprint density at radius 2 is 1.19 bits per heavy atom. The number of ether oxygens (including phenoxy) is 1. The number of ketones is 1. The van der Waals surface area contributed by atoms with Crippen LogP contribution in [-0.4, -0.2) is 23.5 Å². The molecular formula is C39H35F6N3O3S. The highest BCUT2D eigenvalue weighted by molar-refractivity contribution is 7.80. The molecule has 0 aromatic heterocycles. The fourth-order valence-electron chi connectivity index (χ4n) is 5.28. The molecule has 272 valence electrons. The van der Waals surface area contributed by atoms with Gasteiger partial charge in [-0.3, -0.25) is 4.79 Å². The lowest BCUT2D eigenvalue weighted by molar-refractivity contribution is -0.143. The summed E-state index contributed by atoms with van der Waals surface area (Å²) < 4.78 is 86.9. The predicted molar refractivity (Wildman–Crippen MR) is 192 cm³/mol. The van der Waals surface area contributed by atoms with Gasteiger partial charge < -0.3 is 20.7 Å². The Morgan fingerprint density at radius 3 is 1.65 bits per heavy atom. The van der Waals surface area contributed by atoms with Crippen molar-refractivity contribution < 1.29 is 40.7 Å². The van der Waals surface area contributed by atoms with Gasteiger partial charge in [-0.25, -0.2) is 4.79 Å². The summed E-state index contributed by atoms with van der Waals surface area (Å²) in [6.45, 7) is 4.71. The van der Waals surface area contributed by atoms with Crippen LogP contribution in [0.15, 0.2) is 126 Å². The van der Waals surface area contributed by atoms with Crippen molar-refractivity contribution in [1.82, 2.24) is 10.6 Å².